The lowest BCUT2D eigenvalue weighted by Crippen LogP contribution is -2.39. The van der Waals surface area contributed by atoms with Crippen LogP contribution in [0.2, 0.25) is 0 Å². The Morgan fingerprint density at radius 1 is 1.33 bits per heavy atom. The highest BCUT2D eigenvalue weighted by atomic mass is 16.6. The molecule has 5 heteroatoms. The molecule has 1 amide bonds. The third-order valence-electron chi connectivity index (χ3n) is 3.54. The van der Waals surface area contributed by atoms with Crippen molar-refractivity contribution in [3.8, 4) is 0 Å². The average molecular weight is 292 g/mol. The van der Waals surface area contributed by atoms with Crippen molar-refractivity contribution in [3.63, 3.8) is 0 Å². The summed E-state index contributed by atoms with van der Waals surface area (Å²) in [5.41, 5.74) is 6.46. The van der Waals surface area contributed by atoms with Gasteiger partial charge in [-0.1, -0.05) is 43.2 Å². The van der Waals surface area contributed by atoms with Crippen LogP contribution in [0.5, 0.6) is 0 Å². The van der Waals surface area contributed by atoms with E-state index in [1.54, 1.807) is 0 Å². The van der Waals surface area contributed by atoms with E-state index in [0.29, 0.717) is 0 Å². The van der Waals surface area contributed by atoms with Gasteiger partial charge in [-0.2, -0.15) is 0 Å². The summed E-state index contributed by atoms with van der Waals surface area (Å²) in [5, 5.41) is 2.91. The third-order valence-corrected chi connectivity index (χ3v) is 3.54. The maximum Gasteiger partial charge on any atom is 0.407 e. The zero-order valence-electron chi connectivity index (χ0n) is 12.3. The highest BCUT2D eigenvalue weighted by Gasteiger charge is 2.33. The lowest BCUT2D eigenvalue weighted by molar-refractivity contribution is 0.132. The van der Waals surface area contributed by atoms with E-state index in [9.17, 15) is 4.79 Å². The summed E-state index contributed by atoms with van der Waals surface area (Å²) >= 11 is 0. The molecule has 2 rings (SSSR count). The van der Waals surface area contributed by atoms with E-state index in [1.165, 1.54) is 0 Å². The number of nitrogens with one attached hydrogen (secondary N) is 1. The fourth-order valence-corrected chi connectivity index (χ4v) is 2.24. The molecule has 2 atom stereocenters. The van der Waals surface area contributed by atoms with Crippen molar-refractivity contribution in [2.24, 2.45) is 5.73 Å². The number of carbonyl (C=O) groups is 1. The van der Waals surface area contributed by atoms with E-state index in [1.807, 2.05) is 30.3 Å². The number of hydrogen-bond donors (Lipinski definition) is 2. The standard InChI is InChI=1S/C16H24N2O3/c17-10-6-2-5-9-14(15-12-20-15)18-16(19)21-11-13-7-3-1-4-8-13/h1,3-4,7-8,14-15H,2,5-6,9-12,17H2,(H,18,19)/t14-,15?/m0/s1. The molecule has 0 bridgehead atoms. The average Bonchev–Trinajstić information content (AvgIpc) is 3.34. The summed E-state index contributed by atoms with van der Waals surface area (Å²) < 4.78 is 10.5. The predicted octanol–water partition coefficient (Wildman–Crippen LogP) is 2.20. The SMILES string of the molecule is NCCCCC[C@H](NC(=O)OCc1ccccc1)C1CO1. The van der Waals surface area contributed by atoms with Gasteiger partial charge < -0.3 is 20.5 Å². The molecule has 1 aliphatic heterocycles. The first kappa shape index (κ1) is 15.8. The highest BCUT2D eigenvalue weighted by molar-refractivity contribution is 5.67. The van der Waals surface area contributed by atoms with Crippen LogP contribution < -0.4 is 11.1 Å². The number of amides is 1. The molecule has 1 fully saturated rings. The smallest absolute Gasteiger partial charge is 0.407 e. The molecule has 1 aromatic rings. The minimum atomic E-state index is -0.377. The summed E-state index contributed by atoms with van der Waals surface area (Å²) in [7, 11) is 0. The van der Waals surface area contributed by atoms with E-state index in [4.69, 9.17) is 15.2 Å². The molecule has 0 aromatic heterocycles. The Balaban J connectivity index is 1.68. The number of unbranched alkanes of at least 4 members (excludes halogenated alkanes) is 2. The maximum atomic E-state index is 11.8. The molecule has 1 saturated heterocycles. The monoisotopic (exact) mass is 292 g/mol. The van der Waals surface area contributed by atoms with Crippen LogP contribution in [-0.4, -0.2) is 31.4 Å². The van der Waals surface area contributed by atoms with Gasteiger partial charge in [0, 0.05) is 0 Å². The van der Waals surface area contributed by atoms with Crippen LogP contribution in [0.1, 0.15) is 31.2 Å². The first-order chi connectivity index (χ1) is 10.3. The van der Waals surface area contributed by atoms with E-state index in [-0.39, 0.29) is 24.8 Å². The molecule has 1 unspecified atom stereocenters. The number of hydrogen-bond acceptors (Lipinski definition) is 4. The molecule has 1 aliphatic rings. The molecule has 0 aliphatic carbocycles. The van der Waals surface area contributed by atoms with Crippen LogP contribution in [0.25, 0.3) is 0 Å². The fourth-order valence-electron chi connectivity index (χ4n) is 2.24. The van der Waals surface area contributed by atoms with Crippen molar-refractivity contribution in [1.82, 2.24) is 5.32 Å². The van der Waals surface area contributed by atoms with Crippen LogP contribution in [-0.2, 0) is 16.1 Å². The quantitative estimate of drug-likeness (QED) is 0.540. The largest absolute Gasteiger partial charge is 0.445 e. The van der Waals surface area contributed by atoms with Crippen molar-refractivity contribution in [1.29, 1.82) is 0 Å². The summed E-state index contributed by atoms with van der Waals surface area (Å²) in [6.07, 6.45) is 3.83. The Morgan fingerprint density at radius 3 is 2.76 bits per heavy atom. The highest BCUT2D eigenvalue weighted by Crippen LogP contribution is 2.19. The van der Waals surface area contributed by atoms with Crippen LogP contribution in [0, 0.1) is 0 Å². The van der Waals surface area contributed by atoms with E-state index in [0.717, 1.165) is 44.4 Å². The van der Waals surface area contributed by atoms with Crippen LogP contribution >= 0.6 is 0 Å². The molecular formula is C16H24N2O3. The van der Waals surface area contributed by atoms with Gasteiger partial charge in [-0.3, -0.25) is 0 Å². The molecule has 0 spiro atoms. The first-order valence-electron chi connectivity index (χ1n) is 7.58. The predicted molar refractivity (Wildman–Crippen MR) is 80.8 cm³/mol. The molecule has 1 aromatic carbocycles. The Kier molecular flexibility index (Phi) is 6.50. The molecule has 5 nitrogen and oxygen atoms in total. The van der Waals surface area contributed by atoms with Gasteiger partial charge in [0.1, 0.15) is 12.7 Å². The molecule has 3 N–H and O–H groups in total. The number of carbonyl (C=O) groups excluding carboxylic acids is 1. The number of epoxide rings is 1. The second kappa shape index (κ2) is 8.64. The van der Waals surface area contributed by atoms with Gasteiger partial charge in [0.05, 0.1) is 12.6 Å². The van der Waals surface area contributed by atoms with Gasteiger partial charge in [-0.15, -0.1) is 0 Å². The van der Waals surface area contributed by atoms with Crippen molar-refractivity contribution >= 4 is 6.09 Å². The van der Waals surface area contributed by atoms with Crippen molar-refractivity contribution < 1.29 is 14.3 Å². The second-order valence-corrected chi connectivity index (χ2v) is 5.32. The summed E-state index contributed by atoms with van der Waals surface area (Å²) in [5.74, 6) is 0. The third kappa shape index (κ3) is 6.14. The molecule has 21 heavy (non-hydrogen) atoms. The number of ether oxygens (including phenoxy) is 2. The van der Waals surface area contributed by atoms with Crippen LogP contribution in [0.15, 0.2) is 30.3 Å². The van der Waals surface area contributed by atoms with E-state index >= 15 is 0 Å². The van der Waals surface area contributed by atoms with Gasteiger partial charge in [-0.25, -0.2) is 4.79 Å². The normalized spacial score (nSPS) is 18.0. The second-order valence-electron chi connectivity index (χ2n) is 5.32. The van der Waals surface area contributed by atoms with Gasteiger partial charge >= 0.3 is 6.09 Å². The van der Waals surface area contributed by atoms with E-state index in [2.05, 4.69) is 5.32 Å². The summed E-state index contributed by atoms with van der Waals surface area (Å²) in [6.45, 7) is 1.73. The zero-order chi connectivity index (χ0) is 14.9. The van der Waals surface area contributed by atoms with Crippen molar-refractivity contribution in [3.05, 3.63) is 35.9 Å². The van der Waals surface area contributed by atoms with Crippen molar-refractivity contribution in [2.75, 3.05) is 13.2 Å². The molecule has 0 saturated carbocycles. The summed E-state index contributed by atoms with van der Waals surface area (Å²) in [4.78, 5) is 11.8. The molecule has 1 heterocycles. The topological polar surface area (TPSA) is 76.9 Å². The van der Waals surface area contributed by atoms with Gasteiger partial charge in [-0.05, 0) is 24.9 Å². The number of rotatable bonds is 9. The van der Waals surface area contributed by atoms with Gasteiger partial charge in [0.25, 0.3) is 0 Å². The minimum Gasteiger partial charge on any atom is -0.445 e. The van der Waals surface area contributed by atoms with E-state index < -0.39 is 0 Å². The van der Waals surface area contributed by atoms with Gasteiger partial charge in [0.15, 0.2) is 0 Å². The fraction of sp³-hybridized carbons (Fsp3) is 0.562. The maximum absolute atomic E-state index is 11.8. The van der Waals surface area contributed by atoms with Crippen LogP contribution in [0.4, 0.5) is 4.79 Å². The Labute approximate surface area is 125 Å². The number of nitrogens with two attached hydrogens (primary N) is 1. The van der Waals surface area contributed by atoms with Gasteiger partial charge in [0.2, 0.25) is 0 Å². The molecular weight excluding hydrogens is 268 g/mol. The number of benzene rings is 1. The lowest BCUT2D eigenvalue weighted by Gasteiger charge is -2.16. The van der Waals surface area contributed by atoms with Crippen molar-refractivity contribution in [2.45, 2.75) is 44.4 Å². The minimum absolute atomic E-state index is 0.0473. The lowest BCUT2D eigenvalue weighted by atomic mass is 10.1. The zero-order valence-corrected chi connectivity index (χ0v) is 12.3. The molecule has 0 radical (unpaired) electrons. The Morgan fingerprint density at radius 2 is 2.10 bits per heavy atom. The number of alkyl carbamates (subject to hydrolysis) is 1. The Bertz CT molecular complexity index is 421. The van der Waals surface area contributed by atoms with Crippen LogP contribution in [0.3, 0.4) is 0 Å². The molecule has 116 valence electrons. The Hall–Kier alpha value is -1.59. The summed E-state index contributed by atoms with van der Waals surface area (Å²) in [6, 6.07) is 9.70. The first-order valence-corrected chi connectivity index (χ1v) is 7.58.